The van der Waals surface area contributed by atoms with Crippen molar-refractivity contribution < 1.29 is 32.7 Å². The minimum absolute atomic E-state index is 0.0340. The number of anilines is 1. The molecule has 16 heteroatoms. The summed E-state index contributed by atoms with van der Waals surface area (Å²) < 4.78 is 40.3. The van der Waals surface area contributed by atoms with E-state index in [1.165, 1.54) is 12.1 Å². The van der Waals surface area contributed by atoms with Gasteiger partial charge in [-0.25, -0.2) is 18.4 Å². The van der Waals surface area contributed by atoms with Gasteiger partial charge in [-0.15, -0.1) is 0 Å². The number of imidazole rings is 1. The summed E-state index contributed by atoms with van der Waals surface area (Å²) in [7, 11) is 3.65. The Kier molecular flexibility index (Phi) is 11.7. The molecule has 5 aromatic rings. The Morgan fingerprint density at radius 3 is 2.53 bits per heavy atom. The first kappa shape index (κ1) is 42.7. The molecule has 1 unspecified atom stereocenters. The fourth-order valence-electron chi connectivity index (χ4n) is 9.50. The molecule has 4 amide bonds. The van der Waals surface area contributed by atoms with E-state index in [2.05, 4.69) is 41.4 Å². The molecular weight excluding hydrogens is 797 g/mol. The van der Waals surface area contributed by atoms with Crippen molar-refractivity contribution in [2.24, 2.45) is 18.4 Å². The number of imide groups is 1. The van der Waals surface area contributed by atoms with Crippen molar-refractivity contribution in [3.05, 3.63) is 88.2 Å². The van der Waals surface area contributed by atoms with Crippen LogP contribution in [0.5, 0.6) is 5.88 Å². The summed E-state index contributed by atoms with van der Waals surface area (Å²) in [6.45, 7) is 11.2. The first-order valence-electron chi connectivity index (χ1n) is 21.3. The Morgan fingerprint density at radius 2 is 1.79 bits per heavy atom. The number of nitrogens with zero attached hydrogens (tertiary/aromatic N) is 7. The molecule has 62 heavy (non-hydrogen) atoms. The number of fused-ring (bicyclic) bond motifs is 7. The van der Waals surface area contributed by atoms with E-state index in [4.69, 9.17) is 14.7 Å². The number of hydrogen-bond acceptors (Lipinski definition) is 9. The largest absolute Gasteiger partial charge is 0.477 e. The number of rotatable bonds is 6. The van der Waals surface area contributed by atoms with Gasteiger partial charge in [-0.1, -0.05) is 20.8 Å². The van der Waals surface area contributed by atoms with E-state index in [0.717, 1.165) is 18.4 Å². The highest BCUT2D eigenvalue weighted by Gasteiger charge is 2.40. The summed E-state index contributed by atoms with van der Waals surface area (Å²) in [6.07, 6.45) is 4.52. The van der Waals surface area contributed by atoms with E-state index >= 15 is 8.78 Å². The predicted molar refractivity (Wildman–Crippen MR) is 229 cm³/mol. The molecule has 3 atom stereocenters. The lowest BCUT2D eigenvalue weighted by Gasteiger charge is -2.48. The molecule has 6 heterocycles. The maximum atomic E-state index is 15.2. The molecular formula is C46H53F2N9O5. The number of aryl methyl sites for hydroxylation is 2. The third kappa shape index (κ3) is 8.56. The van der Waals surface area contributed by atoms with Gasteiger partial charge in [0.2, 0.25) is 23.6 Å². The van der Waals surface area contributed by atoms with Crippen LogP contribution in [0.25, 0.3) is 22.3 Å². The van der Waals surface area contributed by atoms with Crippen LogP contribution in [0.3, 0.4) is 0 Å². The molecule has 3 aromatic heterocycles. The lowest BCUT2D eigenvalue weighted by atomic mass is 9.78. The van der Waals surface area contributed by atoms with E-state index in [9.17, 15) is 19.2 Å². The number of likely N-dealkylation sites (tertiary alicyclic amines) is 1. The van der Waals surface area contributed by atoms with Crippen molar-refractivity contribution in [2.45, 2.75) is 84.7 Å². The zero-order valence-electron chi connectivity index (χ0n) is 36.1. The van der Waals surface area contributed by atoms with Gasteiger partial charge in [0.05, 0.1) is 41.0 Å². The highest BCUT2D eigenvalue weighted by Crippen LogP contribution is 2.36. The van der Waals surface area contributed by atoms with E-state index < -0.39 is 29.4 Å². The van der Waals surface area contributed by atoms with Gasteiger partial charge in [-0.2, -0.15) is 5.10 Å². The third-order valence-electron chi connectivity index (χ3n) is 12.7. The molecule has 0 aliphatic carbocycles. The zero-order chi connectivity index (χ0) is 44.0. The van der Waals surface area contributed by atoms with Crippen molar-refractivity contribution in [1.29, 1.82) is 0 Å². The van der Waals surface area contributed by atoms with Gasteiger partial charge in [-0.3, -0.25) is 34.8 Å². The van der Waals surface area contributed by atoms with E-state index in [0.29, 0.717) is 96.6 Å². The quantitative estimate of drug-likeness (QED) is 0.184. The molecule has 326 valence electrons. The van der Waals surface area contributed by atoms with Crippen LogP contribution in [-0.4, -0.2) is 97.1 Å². The number of carbonyl (C=O) groups is 4. The van der Waals surface area contributed by atoms with Gasteiger partial charge in [0.25, 0.3) is 11.8 Å². The first-order valence-corrected chi connectivity index (χ1v) is 21.3. The van der Waals surface area contributed by atoms with Gasteiger partial charge >= 0.3 is 0 Å². The van der Waals surface area contributed by atoms with E-state index in [1.54, 1.807) is 29.1 Å². The van der Waals surface area contributed by atoms with Crippen LogP contribution in [0.2, 0.25) is 0 Å². The average Bonchev–Trinajstić information content (AvgIpc) is 3.75. The number of amides is 4. The molecule has 3 aliphatic heterocycles. The highest BCUT2D eigenvalue weighted by molar-refractivity contribution is 6.05. The summed E-state index contributed by atoms with van der Waals surface area (Å²) in [5, 5.41) is 9.63. The first-order chi connectivity index (χ1) is 29.6. The number of piperidine rings is 2. The normalized spacial score (nSPS) is 20.9. The van der Waals surface area contributed by atoms with Crippen LogP contribution >= 0.6 is 0 Å². The minimum Gasteiger partial charge on any atom is -0.477 e. The van der Waals surface area contributed by atoms with Crippen LogP contribution < -0.4 is 15.4 Å². The number of ether oxygens (including phenoxy) is 1. The molecule has 8 rings (SSSR count). The highest BCUT2D eigenvalue weighted by atomic mass is 19.1. The Morgan fingerprint density at radius 1 is 1.02 bits per heavy atom. The molecule has 3 aliphatic rings. The summed E-state index contributed by atoms with van der Waals surface area (Å²) >= 11 is 0. The molecule has 2 N–H and O–H groups in total. The SMILES string of the molecule is Cc1cc2cc(n1)-c1cnn(C)c1OCCC[C@@H](C)Cn1c(nc3ccc(C(=O)N(C)C4CCN(CCc5cc(F)c([C@H]6CCC(=O)NC6=O)c(F)c5)CC4(C)C)cc31)NC2=O. The fraction of sp³-hybridized carbons (Fsp3) is 0.457. The van der Waals surface area contributed by atoms with Crippen LogP contribution in [0.15, 0.2) is 48.7 Å². The maximum Gasteiger partial charge on any atom is 0.258 e. The van der Waals surface area contributed by atoms with Gasteiger partial charge < -0.3 is 19.1 Å². The summed E-state index contributed by atoms with van der Waals surface area (Å²) in [6, 6.07) is 11.4. The number of carbonyl (C=O) groups excluding carboxylic acids is 4. The second-order valence-electron chi connectivity index (χ2n) is 17.9. The minimum atomic E-state index is -1.04. The van der Waals surface area contributed by atoms with Gasteiger partial charge in [0, 0.05) is 75.1 Å². The third-order valence-corrected chi connectivity index (χ3v) is 12.7. The fourth-order valence-corrected chi connectivity index (χ4v) is 9.50. The predicted octanol–water partition coefficient (Wildman–Crippen LogP) is 6.41. The summed E-state index contributed by atoms with van der Waals surface area (Å²) in [5.74, 6) is -3.03. The van der Waals surface area contributed by atoms with Gasteiger partial charge in [0.1, 0.15) is 11.6 Å². The molecule has 2 aromatic carbocycles. The molecule has 2 bridgehead atoms. The van der Waals surface area contributed by atoms with Crippen molar-refractivity contribution >= 4 is 40.6 Å². The monoisotopic (exact) mass is 849 g/mol. The van der Waals surface area contributed by atoms with Crippen molar-refractivity contribution in [1.82, 2.24) is 39.4 Å². The number of halogens is 2. The van der Waals surface area contributed by atoms with Crippen molar-refractivity contribution in [3.8, 4) is 17.1 Å². The number of nitrogens with one attached hydrogen (secondary N) is 2. The molecule has 2 fully saturated rings. The van der Waals surface area contributed by atoms with Crippen LogP contribution in [0.1, 0.15) is 96.3 Å². The number of benzene rings is 2. The van der Waals surface area contributed by atoms with E-state index in [1.807, 2.05) is 42.6 Å². The molecule has 0 spiro atoms. The van der Waals surface area contributed by atoms with Crippen molar-refractivity contribution in [3.63, 3.8) is 0 Å². The lowest BCUT2D eigenvalue weighted by molar-refractivity contribution is -0.134. The molecule has 2 saturated heterocycles. The molecule has 0 radical (unpaired) electrons. The standard InChI is InChI=1S/C46H53F2N9O5/c1-26-8-7-17-62-44-32(23-49-55(44)6)36-21-30(18-27(2)50-36)41(59)53-45-51-35-11-9-29(22-37(35)57(45)24-26)43(61)54(5)38-14-16-56(25-46(38,3)4)15-13-28-19-33(47)40(34(48)20-28)31-10-12-39(58)52-42(31)60/h9,11,18-23,26,31,38H,7-8,10,12-17,24-25H2,1-6H3,(H,51,53,59)(H,52,58,60)/t26-,31-,38?/m1/s1. The molecule has 0 saturated carbocycles. The van der Waals surface area contributed by atoms with Gasteiger partial charge in [-0.05, 0) is 98.4 Å². The number of hydrogen-bond donors (Lipinski definition) is 2. The second kappa shape index (κ2) is 17.0. The lowest BCUT2D eigenvalue weighted by Crippen LogP contribution is -2.56. The average molecular weight is 850 g/mol. The van der Waals surface area contributed by atoms with Gasteiger partial charge in [0.15, 0.2) is 0 Å². The maximum absolute atomic E-state index is 15.2. The second-order valence-corrected chi connectivity index (χ2v) is 17.9. The summed E-state index contributed by atoms with van der Waals surface area (Å²) in [5.41, 5.74) is 4.15. The Bertz CT molecular complexity index is 2560. The number of aromatic nitrogens is 5. The Labute approximate surface area is 359 Å². The summed E-state index contributed by atoms with van der Waals surface area (Å²) in [4.78, 5) is 65.7. The van der Waals surface area contributed by atoms with Crippen molar-refractivity contribution in [2.75, 3.05) is 38.6 Å². The zero-order valence-corrected chi connectivity index (χ0v) is 36.1. The Hall–Kier alpha value is -6.03. The van der Waals surface area contributed by atoms with Crippen LogP contribution in [-0.2, 0) is 29.6 Å². The van der Waals surface area contributed by atoms with E-state index in [-0.39, 0.29) is 47.6 Å². The topological polar surface area (TPSA) is 157 Å². The smallest absolute Gasteiger partial charge is 0.258 e. The van der Waals surface area contributed by atoms with Crippen LogP contribution in [0, 0.1) is 29.9 Å². The molecule has 14 nitrogen and oxygen atoms in total. The van der Waals surface area contributed by atoms with Crippen LogP contribution in [0.4, 0.5) is 14.7 Å². The number of pyridine rings is 1. The Balaban J connectivity index is 0.974.